The largest absolute Gasteiger partial charge is 0.325 e. The molecule has 0 bridgehead atoms. The van der Waals surface area contributed by atoms with Crippen LogP contribution in [-0.4, -0.2) is 33.4 Å². The van der Waals surface area contributed by atoms with Gasteiger partial charge in [0, 0.05) is 17.8 Å². The first-order valence-corrected chi connectivity index (χ1v) is 9.01. The van der Waals surface area contributed by atoms with Gasteiger partial charge >= 0.3 is 0 Å². The SMILES string of the molecule is Cc1ccc(/C=C2\SC(=O)N(CC(=O)Nc3ccc([N+](=O)[O-])cc3)C2=O)cc1. The molecular formula is C19H15N3O5S. The highest BCUT2D eigenvalue weighted by molar-refractivity contribution is 8.18. The summed E-state index contributed by atoms with van der Waals surface area (Å²) in [5.74, 6) is -1.11. The van der Waals surface area contributed by atoms with Crippen molar-refractivity contribution in [2.75, 3.05) is 11.9 Å². The zero-order valence-electron chi connectivity index (χ0n) is 14.7. The summed E-state index contributed by atoms with van der Waals surface area (Å²) in [6, 6.07) is 12.7. The number of rotatable bonds is 5. The van der Waals surface area contributed by atoms with Crippen molar-refractivity contribution >= 4 is 46.3 Å². The molecule has 3 amide bonds. The van der Waals surface area contributed by atoms with Crippen LogP contribution >= 0.6 is 11.8 Å². The Morgan fingerprint density at radius 2 is 1.79 bits per heavy atom. The van der Waals surface area contributed by atoms with Gasteiger partial charge in [0.05, 0.1) is 9.83 Å². The molecule has 1 heterocycles. The number of amides is 3. The Hall–Kier alpha value is -3.46. The van der Waals surface area contributed by atoms with Crippen LogP contribution in [0, 0.1) is 17.0 Å². The Labute approximate surface area is 164 Å². The number of nitrogens with one attached hydrogen (secondary N) is 1. The lowest BCUT2D eigenvalue weighted by atomic mass is 10.1. The first-order chi connectivity index (χ1) is 13.3. The van der Waals surface area contributed by atoms with Crippen molar-refractivity contribution in [1.29, 1.82) is 0 Å². The molecule has 28 heavy (non-hydrogen) atoms. The Bertz CT molecular complexity index is 984. The fraction of sp³-hybridized carbons (Fsp3) is 0.105. The number of nitro benzene ring substituents is 1. The first-order valence-electron chi connectivity index (χ1n) is 8.20. The van der Waals surface area contributed by atoms with Crippen LogP contribution in [0.25, 0.3) is 6.08 Å². The van der Waals surface area contributed by atoms with E-state index < -0.39 is 28.5 Å². The van der Waals surface area contributed by atoms with Gasteiger partial charge in [-0.3, -0.25) is 29.4 Å². The predicted molar refractivity (Wildman–Crippen MR) is 106 cm³/mol. The fourth-order valence-corrected chi connectivity index (χ4v) is 3.30. The average molecular weight is 397 g/mol. The van der Waals surface area contributed by atoms with Crippen LogP contribution in [0.2, 0.25) is 0 Å². The standard InChI is InChI=1S/C19H15N3O5S/c1-12-2-4-13(5-3-12)10-16-18(24)21(19(25)28-16)11-17(23)20-14-6-8-15(9-7-14)22(26)27/h2-10H,11H2,1H3,(H,20,23)/b16-10-. The number of nitrogens with zero attached hydrogens (tertiary/aromatic N) is 2. The Balaban J connectivity index is 1.65. The maximum Gasteiger partial charge on any atom is 0.294 e. The molecule has 0 aliphatic carbocycles. The highest BCUT2D eigenvalue weighted by Gasteiger charge is 2.36. The van der Waals surface area contributed by atoms with E-state index in [0.29, 0.717) is 5.69 Å². The molecule has 0 radical (unpaired) electrons. The number of anilines is 1. The second-order valence-electron chi connectivity index (χ2n) is 6.03. The maximum atomic E-state index is 12.5. The van der Waals surface area contributed by atoms with Gasteiger partial charge in [0.2, 0.25) is 5.91 Å². The molecule has 142 valence electrons. The number of hydrogen-bond donors (Lipinski definition) is 1. The summed E-state index contributed by atoms with van der Waals surface area (Å²) in [6.45, 7) is 1.51. The number of non-ortho nitro benzene ring substituents is 1. The van der Waals surface area contributed by atoms with Crippen molar-refractivity contribution in [3.05, 3.63) is 74.7 Å². The summed E-state index contributed by atoms with van der Waals surface area (Å²) >= 11 is 0.778. The van der Waals surface area contributed by atoms with E-state index in [4.69, 9.17) is 0 Å². The molecular weight excluding hydrogens is 382 g/mol. The van der Waals surface area contributed by atoms with Crippen LogP contribution in [0.15, 0.2) is 53.4 Å². The molecule has 0 unspecified atom stereocenters. The number of aryl methyl sites for hydroxylation is 1. The number of imide groups is 1. The van der Waals surface area contributed by atoms with Gasteiger partial charge in [-0.05, 0) is 42.5 Å². The fourth-order valence-electron chi connectivity index (χ4n) is 2.46. The van der Waals surface area contributed by atoms with Gasteiger partial charge in [-0.1, -0.05) is 29.8 Å². The normalized spacial score (nSPS) is 15.2. The van der Waals surface area contributed by atoms with Gasteiger partial charge in [-0.2, -0.15) is 0 Å². The van der Waals surface area contributed by atoms with E-state index >= 15 is 0 Å². The molecule has 0 spiro atoms. The smallest absolute Gasteiger partial charge is 0.294 e. The predicted octanol–water partition coefficient (Wildman–Crippen LogP) is 3.58. The lowest BCUT2D eigenvalue weighted by Crippen LogP contribution is -2.36. The second-order valence-corrected chi connectivity index (χ2v) is 7.02. The topological polar surface area (TPSA) is 110 Å². The summed E-state index contributed by atoms with van der Waals surface area (Å²) < 4.78 is 0. The number of thioether (sulfide) groups is 1. The molecule has 9 heteroatoms. The molecule has 1 N–H and O–H groups in total. The van der Waals surface area contributed by atoms with Gasteiger partial charge in [-0.25, -0.2) is 0 Å². The molecule has 1 aliphatic rings. The van der Waals surface area contributed by atoms with Gasteiger partial charge in [0.15, 0.2) is 0 Å². The Morgan fingerprint density at radius 3 is 2.39 bits per heavy atom. The van der Waals surface area contributed by atoms with Crippen molar-refractivity contribution in [2.24, 2.45) is 0 Å². The van der Waals surface area contributed by atoms with E-state index in [2.05, 4.69) is 5.32 Å². The minimum absolute atomic E-state index is 0.106. The van der Waals surface area contributed by atoms with Gasteiger partial charge in [0.1, 0.15) is 6.54 Å². The maximum absolute atomic E-state index is 12.5. The zero-order valence-corrected chi connectivity index (χ0v) is 15.6. The molecule has 2 aromatic carbocycles. The average Bonchev–Trinajstić information content (AvgIpc) is 2.91. The number of carbonyl (C=O) groups is 3. The molecule has 0 aromatic heterocycles. The number of carbonyl (C=O) groups excluding carboxylic acids is 3. The second kappa shape index (κ2) is 8.05. The summed E-state index contributed by atoms with van der Waals surface area (Å²) in [5, 5.41) is 12.6. The van der Waals surface area contributed by atoms with Crippen molar-refractivity contribution in [2.45, 2.75) is 6.92 Å². The monoisotopic (exact) mass is 397 g/mol. The molecule has 0 saturated carbocycles. The molecule has 0 atom stereocenters. The lowest BCUT2D eigenvalue weighted by Gasteiger charge is -2.12. The quantitative estimate of drug-likeness (QED) is 0.469. The Morgan fingerprint density at radius 1 is 1.14 bits per heavy atom. The Kier molecular flexibility index (Phi) is 5.55. The van der Waals surface area contributed by atoms with Crippen LogP contribution in [0.5, 0.6) is 0 Å². The third kappa shape index (κ3) is 4.44. The van der Waals surface area contributed by atoms with Crippen molar-refractivity contribution < 1.29 is 19.3 Å². The molecule has 2 aromatic rings. The van der Waals surface area contributed by atoms with E-state index in [0.717, 1.165) is 27.8 Å². The van der Waals surface area contributed by atoms with Crippen LogP contribution in [0.3, 0.4) is 0 Å². The summed E-state index contributed by atoms with van der Waals surface area (Å²) in [7, 11) is 0. The molecule has 8 nitrogen and oxygen atoms in total. The first kappa shape index (κ1) is 19.3. The number of benzene rings is 2. The van der Waals surface area contributed by atoms with Crippen LogP contribution < -0.4 is 5.32 Å². The molecule has 1 fully saturated rings. The summed E-state index contributed by atoms with van der Waals surface area (Å²) in [6.07, 6.45) is 1.61. The van der Waals surface area contributed by atoms with Crippen molar-refractivity contribution in [1.82, 2.24) is 4.90 Å². The summed E-state index contributed by atoms with van der Waals surface area (Å²) in [4.78, 5) is 47.9. The molecule has 1 aliphatic heterocycles. The van der Waals surface area contributed by atoms with E-state index in [1.165, 1.54) is 24.3 Å². The van der Waals surface area contributed by atoms with Crippen LogP contribution in [-0.2, 0) is 9.59 Å². The highest BCUT2D eigenvalue weighted by Crippen LogP contribution is 2.32. The zero-order chi connectivity index (χ0) is 20.3. The lowest BCUT2D eigenvalue weighted by molar-refractivity contribution is -0.384. The number of nitro groups is 1. The highest BCUT2D eigenvalue weighted by atomic mass is 32.2. The van der Waals surface area contributed by atoms with Crippen molar-refractivity contribution in [3.8, 4) is 0 Å². The third-order valence-corrected chi connectivity index (χ3v) is 4.82. The summed E-state index contributed by atoms with van der Waals surface area (Å²) in [5.41, 5.74) is 2.09. The van der Waals surface area contributed by atoms with Crippen LogP contribution in [0.4, 0.5) is 16.2 Å². The van der Waals surface area contributed by atoms with Gasteiger partial charge in [-0.15, -0.1) is 0 Å². The molecule has 3 rings (SSSR count). The third-order valence-electron chi connectivity index (χ3n) is 3.91. The van der Waals surface area contributed by atoms with Gasteiger partial charge in [0.25, 0.3) is 16.8 Å². The van der Waals surface area contributed by atoms with Crippen molar-refractivity contribution in [3.63, 3.8) is 0 Å². The van der Waals surface area contributed by atoms with Gasteiger partial charge < -0.3 is 5.32 Å². The minimum Gasteiger partial charge on any atom is -0.325 e. The van der Waals surface area contributed by atoms with E-state index in [1.54, 1.807) is 6.08 Å². The van der Waals surface area contributed by atoms with E-state index in [-0.39, 0.29) is 10.6 Å². The van der Waals surface area contributed by atoms with Crippen LogP contribution in [0.1, 0.15) is 11.1 Å². The minimum atomic E-state index is -0.576. The molecule has 1 saturated heterocycles. The van der Waals surface area contributed by atoms with E-state index in [9.17, 15) is 24.5 Å². The van der Waals surface area contributed by atoms with E-state index in [1.807, 2.05) is 31.2 Å². The number of hydrogen-bond acceptors (Lipinski definition) is 6.